The molecule has 0 saturated heterocycles. The van der Waals surface area contributed by atoms with Gasteiger partial charge in [0.25, 0.3) is 5.89 Å². The third-order valence-electron chi connectivity index (χ3n) is 4.55. The third-order valence-corrected chi connectivity index (χ3v) is 4.55. The van der Waals surface area contributed by atoms with E-state index in [0.29, 0.717) is 30.4 Å². The molecule has 1 amide bonds. The molecule has 132 valence electrons. The third kappa shape index (κ3) is 3.06. The highest BCUT2D eigenvalue weighted by Gasteiger charge is 2.24. The second kappa shape index (κ2) is 7.00. The maximum Gasteiger partial charge on any atom is 0.251 e. The predicted octanol–water partition coefficient (Wildman–Crippen LogP) is 3.27. The van der Waals surface area contributed by atoms with Gasteiger partial charge in [-0.05, 0) is 30.2 Å². The lowest BCUT2D eigenvalue weighted by molar-refractivity contribution is -0.118. The normalized spacial score (nSPS) is 12.9. The molecule has 0 N–H and O–H groups in total. The van der Waals surface area contributed by atoms with E-state index in [1.807, 2.05) is 47.4 Å². The van der Waals surface area contributed by atoms with E-state index in [1.54, 1.807) is 7.11 Å². The Labute approximate surface area is 151 Å². The van der Waals surface area contributed by atoms with Crippen molar-refractivity contribution >= 4 is 11.6 Å². The highest BCUT2D eigenvalue weighted by molar-refractivity contribution is 5.95. The fourth-order valence-electron chi connectivity index (χ4n) is 3.23. The summed E-state index contributed by atoms with van der Waals surface area (Å²) in [5.41, 5.74) is 2.98. The molecule has 0 radical (unpaired) electrons. The number of nitrogens with zero attached hydrogens (tertiary/aromatic N) is 3. The number of anilines is 1. The molecule has 2 aromatic carbocycles. The number of aromatic nitrogens is 2. The van der Waals surface area contributed by atoms with Gasteiger partial charge in [0.1, 0.15) is 5.75 Å². The summed E-state index contributed by atoms with van der Waals surface area (Å²) >= 11 is 0. The van der Waals surface area contributed by atoms with Crippen molar-refractivity contribution in [1.29, 1.82) is 0 Å². The number of benzene rings is 2. The van der Waals surface area contributed by atoms with Crippen LogP contribution < -0.4 is 9.64 Å². The van der Waals surface area contributed by atoms with E-state index < -0.39 is 0 Å². The van der Waals surface area contributed by atoms with Crippen molar-refractivity contribution in [3.8, 4) is 17.2 Å². The smallest absolute Gasteiger partial charge is 0.251 e. The molecule has 1 aliphatic heterocycles. The zero-order chi connectivity index (χ0) is 17.9. The molecule has 3 aromatic rings. The first kappa shape index (κ1) is 16.3. The standard InChI is InChI=1S/C20H19N3O3/c1-25-17-9-5-3-7-15(17)20-22-21-18(26-20)10-11-19(24)23-13-12-14-6-2-4-8-16(14)23/h2-9H,10-13H2,1H3. The summed E-state index contributed by atoms with van der Waals surface area (Å²) in [6.45, 7) is 0.731. The van der Waals surface area contributed by atoms with Gasteiger partial charge in [-0.15, -0.1) is 10.2 Å². The van der Waals surface area contributed by atoms with Gasteiger partial charge in [-0.3, -0.25) is 4.79 Å². The van der Waals surface area contributed by atoms with Crippen LogP contribution in [0.5, 0.6) is 5.75 Å². The highest BCUT2D eigenvalue weighted by Crippen LogP contribution is 2.30. The Bertz CT molecular complexity index is 935. The van der Waals surface area contributed by atoms with E-state index in [4.69, 9.17) is 9.15 Å². The Balaban J connectivity index is 1.43. The minimum atomic E-state index is 0.0759. The molecule has 6 nitrogen and oxygen atoms in total. The lowest BCUT2D eigenvalue weighted by Crippen LogP contribution is -2.29. The van der Waals surface area contributed by atoms with Gasteiger partial charge in [0, 0.05) is 25.1 Å². The van der Waals surface area contributed by atoms with E-state index in [0.717, 1.165) is 24.2 Å². The van der Waals surface area contributed by atoms with Crippen LogP contribution >= 0.6 is 0 Å². The minimum absolute atomic E-state index is 0.0759. The number of hydrogen-bond acceptors (Lipinski definition) is 5. The lowest BCUT2D eigenvalue weighted by Gasteiger charge is -2.16. The van der Waals surface area contributed by atoms with Crippen LogP contribution in [0, 0.1) is 0 Å². The summed E-state index contributed by atoms with van der Waals surface area (Å²) in [4.78, 5) is 14.4. The minimum Gasteiger partial charge on any atom is -0.496 e. The number of amides is 1. The second-order valence-corrected chi connectivity index (χ2v) is 6.13. The molecule has 6 heteroatoms. The number of ether oxygens (including phenoxy) is 1. The molecule has 0 bridgehead atoms. The summed E-state index contributed by atoms with van der Waals surface area (Å²) in [5, 5.41) is 8.15. The van der Waals surface area contributed by atoms with Crippen LogP contribution in [0.25, 0.3) is 11.5 Å². The molecule has 0 spiro atoms. The Morgan fingerprint density at radius 3 is 2.85 bits per heavy atom. The van der Waals surface area contributed by atoms with E-state index in [2.05, 4.69) is 16.3 Å². The molecule has 4 rings (SSSR count). The van der Waals surface area contributed by atoms with Crippen LogP contribution in [0.4, 0.5) is 5.69 Å². The molecule has 26 heavy (non-hydrogen) atoms. The van der Waals surface area contributed by atoms with Crippen LogP contribution in [-0.4, -0.2) is 29.8 Å². The monoisotopic (exact) mass is 349 g/mol. The Morgan fingerprint density at radius 1 is 1.15 bits per heavy atom. The van der Waals surface area contributed by atoms with Gasteiger partial charge in [0.2, 0.25) is 11.8 Å². The van der Waals surface area contributed by atoms with Crippen molar-refractivity contribution in [2.45, 2.75) is 19.3 Å². The van der Waals surface area contributed by atoms with Crippen LogP contribution in [0.15, 0.2) is 52.9 Å². The molecule has 2 heterocycles. The zero-order valence-electron chi connectivity index (χ0n) is 14.5. The maximum absolute atomic E-state index is 12.6. The van der Waals surface area contributed by atoms with E-state index in [9.17, 15) is 4.79 Å². The Kier molecular flexibility index (Phi) is 4.39. The molecular formula is C20H19N3O3. The molecule has 0 atom stereocenters. The van der Waals surface area contributed by atoms with Crippen LogP contribution in [0.2, 0.25) is 0 Å². The van der Waals surface area contributed by atoms with Gasteiger partial charge in [-0.1, -0.05) is 30.3 Å². The fraction of sp³-hybridized carbons (Fsp3) is 0.250. The Hall–Kier alpha value is -3.15. The molecular weight excluding hydrogens is 330 g/mol. The first-order valence-corrected chi connectivity index (χ1v) is 8.60. The van der Waals surface area contributed by atoms with Crippen molar-refractivity contribution < 1.29 is 13.9 Å². The van der Waals surface area contributed by atoms with Gasteiger partial charge in [0.15, 0.2) is 0 Å². The number of carbonyl (C=O) groups excluding carboxylic acids is 1. The molecule has 1 aliphatic rings. The molecule has 0 saturated carbocycles. The second-order valence-electron chi connectivity index (χ2n) is 6.13. The first-order chi connectivity index (χ1) is 12.8. The first-order valence-electron chi connectivity index (χ1n) is 8.60. The van der Waals surface area contributed by atoms with Gasteiger partial charge in [-0.2, -0.15) is 0 Å². The number of carbonyl (C=O) groups is 1. The van der Waals surface area contributed by atoms with Crippen molar-refractivity contribution in [3.05, 3.63) is 60.0 Å². The highest BCUT2D eigenvalue weighted by atomic mass is 16.5. The molecule has 0 fully saturated rings. The topological polar surface area (TPSA) is 68.5 Å². The number of hydrogen-bond donors (Lipinski definition) is 0. The van der Waals surface area contributed by atoms with Gasteiger partial charge < -0.3 is 14.1 Å². The number of aryl methyl sites for hydroxylation is 1. The zero-order valence-corrected chi connectivity index (χ0v) is 14.5. The lowest BCUT2D eigenvalue weighted by atomic mass is 10.2. The molecule has 0 aliphatic carbocycles. The summed E-state index contributed by atoms with van der Waals surface area (Å²) < 4.78 is 11.0. The number of para-hydroxylation sites is 2. The van der Waals surface area contributed by atoms with E-state index in [-0.39, 0.29) is 5.91 Å². The van der Waals surface area contributed by atoms with Crippen LogP contribution in [-0.2, 0) is 17.6 Å². The SMILES string of the molecule is COc1ccccc1-c1nnc(CCC(=O)N2CCc3ccccc32)o1. The molecule has 1 aromatic heterocycles. The van der Waals surface area contributed by atoms with Crippen molar-refractivity contribution in [3.63, 3.8) is 0 Å². The summed E-state index contributed by atoms with van der Waals surface area (Å²) in [5.74, 6) is 1.60. The van der Waals surface area contributed by atoms with Gasteiger partial charge in [-0.25, -0.2) is 0 Å². The largest absolute Gasteiger partial charge is 0.496 e. The number of fused-ring (bicyclic) bond motifs is 1. The average molecular weight is 349 g/mol. The Morgan fingerprint density at radius 2 is 1.96 bits per heavy atom. The quantitative estimate of drug-likeness (QED) is 0.707. The van der Waals surface area contributed by atoms with Crippen LogP contribution in [0.3, 0.4) is 0 Å². The van der Waals surface area contributed by atoms with Crippen molar-refractivity contribution in [1.82, 2.24) is 10.2 Å². The van der Waals surface area contributed by atoms with Crippen molar-refractivity contribution in [2.75, 3.05) is 18.6 Å². The van der Waals surface area contributed by atoms with Crippen LogP contribution in [0.1, 0.15) is 17.9 Å². The van der Waals surface area contributed by atoms with Crippen molar-refractivity contribution in [2.24, 2.45) is 0 Å². The average Bonchev–Trinajstić information content (AvgIpc) is 3.33. The van der Waals surface area contributed by atoms with E-state index in [1.165, 1.54) is 5.56 Å². The maximum atomic E-state index is 12.6. The number of methoxy groups -OCH3 is 1. The van der Waals surface area contributed by atoms with Gasteiger partial charge in [0.05, 0.1) is 12.7 Å². The predicted molar refractivity (Wildman–Crippen MR) is 97.1 cm³/mol. The summed E-state index contributed by atoms with van der Waals surface area (Å²) in [6.07, 6.45) is 1.65. The van der Waals surface area contributed by atoms with Gasteiger partial charge >= 0.3 is 0 Å². The number of rotatable bonds is 5. The summed E-state index contributed by atoms with van der Waals surface area (Å²) in [6, 6.07) is 15.5. The van der Waals surface area contributed by atoms with E-state index >= 15 is 0 Å². The molecule has 0 unspecified atom stereocenters. The fourth-order valence-corrected chi connectivity index (χ4v) is 3.23. The summed E-state index contributed by atoms with van der Waals surface area (Å²) in [7, 11) is 1.60.